The molecule has 2 aliphatic carbocycles. The van der Waals surface area contributed by atoms with Crippen molar-refractivity contribution in [3.63, 3.8) is 0 Å². The van der Waals surface area contributed by atoms with Gasteiger partial charge in [0.15, 0.2) is 0 Å². The van der Waals surface area contributed by atoms with Crippen LogP contribution in [0.15, 0.2) is 23.8 Å². The van der Waals surface area contributed by atoms with Crippen molar-refractivity contribution in [1.82, 2.24) is 0 Å². The van der Waals surface area contributed by atoms with Crippen molar-refractivity contribution < 1.29 is 27.8 Å². The third-order valence-electron chi connectivity index (χ3n) is 4.52. The van der Waals surface area contributed by atoms with E-state index in [1.54, 1.807) is 20.8 Å². The van der Waals surface area contributed by atoms with Gasteiger partial charge in [-0.25, -0.2) is 9.18 Å². The van der Waals surface area contributed by atoms with E-state index in [1.165, 1.54) is 6.08 Å². The Bertz CT molecular complexity index is 653. The molecule has 0 aromatic heterocycles. The summed E-state index contributed by atoms with van der Waals surface area (Å²) in [6.07, 6.45) is 7.83. The summed E-state index contributed by atoms with van der Waals surface area (Å²) >= 11 is 0. The number of hydrogen-bond acceptors (Lipinski definition) is 4. The lowest BCUT2D eigenvalue weighted by Crippen LogP contribution is -2.20. The molecule has 3 unspecified atom stereocenters. The molecule has 2 aliphatic rings. The normalized spacial score (nSPS) is 26.4. The zero-order valence-electron chi connectivity index (χ0n) is 14.6. The number of carbonyl (C=O) groups is 2. The highest BCUT2D eigenvalue weighted by molar-refractivity contribution is 5.87. The van der Waals surface area contributed by atoms with Crippen LogP contribution in [0.3, 0.4) is 0 Å². The smallest absolute Gasteiger partial charge is 0.367 e. The van der Waals surface area contributed by atoms with Gasteiger partial charge in [-0.3, -0.25) is 4.79 Å². The molecule has 0 spiro atoms. The molecule has 0 radical (unpaired) electrons. The van der Waals surface area contributed by atoms with Gasteiger partial charge in [0.1, 0.15) is 11.9 Å². The summed E-state index contributed by atoms with van der Waals surface area (Å²) in [6, 6.07) is 0. The van der Waals surface area contributed by atoms with Crippen LogP contribution in [0.25, 0.3) is 0 Å². The summed E-state index contributed by atoms with van der Waals surface area (Å²) in [5, 5.41) is 0. The molecule has 0 heterocycles. The molecule has 0 aromatic rings. The van der Waals surface area contributed by atoms with Gasteiger partial charge in [-0.05, 0) is 42.7 Å². The number of ether oxygens (including phenoxy) is 2. The highest BCUT2D eigenvalue weighted by atomic mass is 19.1. The Kier molecular flexibility index (Phi) is 5.66. The molecule has 0 aromatic carbocycles. The summed E-state index contributed by atoms with van der Waals surface area (Å²) < 4.78 is 37.6. The molecule has 6 heteroatoms. The maximum absolute atomic E-state index is 13.9. The van der Waals surface area contributed by atoms with Gasteiger partial charge in [0, 0.05) is 0 Å². The minimum Gasteiger partial charge on any atom is -0.457 e. The first-order valence-corrected chi connectivity index (χ1v) is 8.32. The van der Waals surface area contributed by atoms with Crippen molar-refractivity contribution >= 4 is 11.9 Å². The second-order valence-corrected chi connectivity index (χ2v) is 6.92. The molecule has 4 nitrogen and oxygen atoms in total. The number of hydrogen-bond donors (Lipinski definition) is 0. The number of carbonyl (C=O) groups excluding carboxylic acids is 2. The van der Waals surface area contributed by atoms with Crippen molar-refractivity contribution in [3.05, 3.63) is 23.8 Å². The fraction of sp³-hybridized carbons (Fsp3) is 0.579. The van der Waals surface area contributed by atoms with Crippen molar-refractivity contribution in [2.45, 2.75) is 52.2 Å². The molecular formula is C19H22F2O4. The van der Waals surface area contributed by atoms with Gasteiger partial charge in [0.25, 0.3) is 0 Å². The number of terminal acetylenes is 1. The van der Waals surface area contributed by atoms with Gasteiger partial charge in [-0.2, -0.15) is 4.39 Å². The van der Waals surface area contributed by atoms with E-state index in [2.05, 4.69) is 5.92 Å². The molecule has 136 valence electrons. The molecule has 2 rings (SSSR count). The maximum Gasteiger partial charge on any atom is 0.367 e. The SMILES string of the molecule is C#CC(OC(=O)C1C(C=C(F)C(=O)OC2CC2)C1(C)C)C(F)=CCC. The monoisotopic (exact) mass is 352 g/mol. The summed E-state index contributed by atoms with van der Waals surface area (Å²) in [5.41, 5.74) is -0.613. The quantitative estimate of drug-likeness (QED) is 0.399. The molecule has 0 amide bonds. The average molecular weight is 352 g/mol. The second kappa shape index (κ2) is 7.38. The van der Waals surface area contributed by atoms with Crippen LogP contribution < -0.4 is 0 Å². The van der Waals surface area contributed by atoms with E-state index in [-0.39, 0.29) is 6.10 Å². The molecule has 0 aliphatic heterocycles. The molecule has 2 fully saturated rings. The highest BCUT2D eigenvalue weighted by Crippen LogP contribution is 2.60. The van der Waals surface area contributed by atoms with Gasteiger partial charge in [-0.15, -0.1) is 6.42 Å². The van der Waals surface area contributed by atoms with Crippen LogP contribution in [0, 0.1) is 29.6 Å². The van der Waals surface area contributed by atoms with E-state index in [0.717, 1.165) is 18.9 Å². The predicted molar refractivity (Wildman–Crippen MR) is 87.3 cm³/mol. The summed E-state index contributed by atoms with van der Waals surface area (Å²) in [4.78, 5) is 23.8. The summed E-state index contributed by atoms with van der Waals surface area (Å²) in [6.45, 7) is 5.20. The lowest BCUT2D eigenvalue weighted by atomic mass is 10.1. The van der Waals surface area contributed by atoms with Crippen LogP contribution in [0.1, 0.15) is 40.0 Å². The largest absolute Gasteiger partial charge is 0.457 e. The maximum atomic E-state index is 13.9. The lowest BCUT2D eigenvalue weighted by Gasteiger charge is -2.11. The standard InChI is InChI=1S/C19H22F2O4/c1-5-7-13(20)15(6-2)25-18(23)16-12(19(16,3)4)10-14(21)17(22)24-11-8-9-11/h2,7,10-12,15-16H,5,8-9H2,1,3-4H3. The highest BCUT2D eigenvalue weighted by Gasteiger charge is 2.62. The Hall–Kier alpha value is -2.16. The van der Waals surface area contributed by atoms with E-state index in [4.69, 9.17) is 15.9 Å². The molecule has 0 N–H and O–H groups in total. The zero-order valence-corrected chi connectivity index (χ0v) is 14.6. The van der Waals surface area contributed by atoms with Crippen LogP contribution in [0.2, 0.25) is 0 Å². The van der Waals surface area contributed by atoms with Crippen molar-refractivity contribution in [1.29, 1.82) is 0 Å². The number of esters is 2. The van der Waals surface area contributed by atoms with Gasteiger partial charge in [0.2, 0.25) is 11.9 Å². The molecule has 0 saturated heterocycles. The minimum absolute atomic E-state index is 0.204. The van der Waals surface area contributed by atoms with Crippen molar-refractivity contribution in [3.8, 4) is 12.3 Å². The third kappa shape index (κ3) is 4.47. The fourth-order valence-electron chi connectivity index (χ4n) is 2.72. The Morgan fingerprint density at radius 3 is 2.52 bits per heavy atom. The first kappa shape index (κ1) is 19.2. The Labute approximate surface area is 146 Å². The van der Waals surface area contributed by atoms with Crippen LogP contribution in [-0.2, 0) is 19.1 Å². The Balaban J connectivity index is 2.01. The van der Waals surface area contributed by atoms with E-state index in [9.17, 15) is 18.4 Å². The molecular weight excluding hydrogens is 330 g/mol. The van der Waals surface area contributed by atoms with Gasteiger partial charge in [0.05, 0.1) is 5.92 Å². The molecule has 25 heavy (non-hydrogen) atoms. The first-order chi connectivity index (χ1) is 11.7. The van der Waals surface area contributed by atoms with Crippen LogP contribution in [0.5, 0.6) is 0 Å². The summed E-state index contributed by atoms with van der Waals surface area (Å²) in [5.74, 6) is -2.61. The predicted octanol–water partition coefficient (Wildman–Crippen LogP) is 3.63. The zero-order chi connectivity index (χ0) is 18.8. The van der Waals surface area contributed by atoms with E-state index >= 15 is 0 Å². The van der Waals surface area contributed by atoms with Crippen molar-refractivity contribution in [2.75, 3.05) is 0 Å². The number of rotatable bonds is 7. The summed E-state index contributed by atoms with van der Waals surface area (Å²) in [7, 11) is 0. The Morgan fingerprint density at radius 2 is 2.00 bits per heavy atom. The Morgan fingerprint density at radius 1 is 1.36 bits per heavy atom. The molecule has 0 bridgehead atoms. The van der Waals surface area contributed by atoms with Gasteiger partial charge in [-0.1, -0.05) is 26.7 Å². The van der Waals surface area contributed by atoms with Crippen LogP contribution in [-0.4, -0.2) is 24.1 Å². The second-order valence-electron chi connectivity index (χ2n) is 6.92. The minimum atomic E-state index is -1.39. The first-order valence-electron chi connectivity index (χ1n) is 8.32. The number of allylic oxidation sites excluding steroid dienone is 2. The van der Waals surface area contributed by atoms with Gasteiger partial charge < -0.3 is 9.47 Å². The van der Waals surface area contributed by atoms with Crippen LogP contribution >= 0.6 is 0 Å². The van der Waals surface area contributed by atoms with E-state index < -0.39 is 46.9 Å². The molecule has 3 atom stereocenters. The van der Waals surface area contributed by atoms with E-state index in [0.29, 0.717) is 6.42 Å². The topological polar surface area (TPSA) is 52.6 Å². The third-order valence-corrected chi connectivity index (χ3v) is 4.52. The van der Waals surface area contributed by atoms with E-state index in [1.807, 2.05) is 0 Å². The molecule has 2 saturated carbocycles. The van der Waals surface area contributed by atoms with Gasteiger partial charge >= 0.3 is 11.9 Å². The fourth-order valence-corrected chi connectivity index (χ4v) is 2.72. The van der Waals surface area contributed by atoms with Crippen molar-refractivity contribution in [2.24, 2.45) is 17.3 Å². The number of halogens is 2. The average Bonchev–Trinajstić information content (AvgIpc) is 3.43. The lowest BCUT2D eigenvalue weighted by molar-refractivity contribution is -0.148. The van der Waals surface area contributed by atoms with Crippen LogP contribution in [0.4, 0.5) is 8.78 Å².